The van der Waals surface area contributed by atoms with Gasteiger partial charge in [-0.2, -0.15) is 0 Å². The number of carbonyl (C=O) groups excluding carboxylic acids is 2. The summed E-state index contributed by atoms with van der Waals surface area (Å²) < 4.78 is 10.2. The molecule has 0 N–H and O–H groups in total. The van der Waals surface area contributed by atoms with Gasteiger partial charge in [0, 0.05) is 5.39 Å². The summed E-state index contributed by atoms with van der Waals surface area (Å²) in [7, 11) is 1.35. The molecule has 0 aliphatic heterocycles. The number of carbonyl (C=O) groups is 2. The van der Waals surface area contributed by atoms with Crippen LogP contribution in [0.1, 0.15) is 20.8 Å². The zero-order chi connectivity index (χ0) is 20.2. The first-order valence-electron chi connectivity index (χ1n) is 9.01. The van der Waals surface area contributed by atoms with E-state index in [4.69, 9.17) is 9.47 Å². The van der Waals surface area contributed by atoms with Gasteiger partial charge in [0.25, 0.3) is 0 Å². The number of para-hydroxylation sites is 1. The summed E-state index contributed by atoms with van der Waals surface area (Å²) in [6.45, 7) is 0. The number of ether oxygens (including phenoxy) is 2. The number of methoxy groups -OCH3 is 1. The lowest BCUT2D eigenvalue weighted by Crippen LogP contribution is -2.10. The molecular formula is C24H17NO4. The van der Waals surface area contributed by atoms with Gasteiger partial charge in [-0.3, -0.25) is 0 Å². The first-order chi connectivity index (χ1) is 14.1. The first-order valence-corrected chi connectivity index (χ1v) is 9.01. The number of hydrogen-bond donors (Lipinski definition) is 0. The largest absolute Gasteiger partial charge is 0.465 e. The summed E-state index contributed by atoms with van der Waals surface area (Å²) in [6.07, 6.45) is 0. The number of hydrogen-bond acceptors (Lipinski definition) is 5. The fraction of sp³-hybridized carbons (Fsp3) is 0.0417. The van der Waals surface area contributed by atoms with Crippen molar-refractivity contribution in [2.75, 3.05) is 7.11 Å². The third-order valence-corrected chi connectivity index (χ3v) is 4.49. The van der Waals surface area contributed by atoms with Crippen LogP contribution in [-0.4, -0.2) is 24.0 Å². The second-order valence-electron chi connectivity index (χ2n) is 6.38. The second kappa shape index (κ2) is 7.94. The maximum absolute atomic E-state index is 12.4. The molecule has 4 aromatic rings. The van der Waals surface area contributed by atoms with Crippen molar-refractivity contribution in [3.63, 3.8) is 0 Å². The van der Waals surface area contributed by atoms with Crippen LogP contribution in [0.15, 0.2) is 84.9 Å². The second-order valence-corrected chi connectivity index (χ2v) is 6.38. The highest BCUT2D eigenvalue weighted by Crippen LogP contribution is 2.24. The highest BCUT2D eigenvalue weighted by atomic mass is 16.5. The van der Waals surface area contributed by atoms with Crippen LogP contribution < -0.4 is 4.74 Å². The smallest absolute Gasteiger partial charge is 0.362 e. The topological polar surface area (TPSA) is 65.5 Å². The summed E-state index contributed by atoms with van der Waals surface area (Å²) in [4.78, 5) is 28.5. The van der Waals surface area contributed by atoms with E-state index < -0.39 is 5.97 Å². The van der Waals surface area contributed by atoms with E-state index in [1.807, 2.05) is 48.5 Å². The van der Waals surface area contributed by atoms with E-state index in [-0.39, 0.29) is 11.7 Å². The highest BCUT2D eigenvalue weighted by molar-refractivity contribution is 5.92. The van der Waals surface area contributed by atoms with Crippen molar-refractivity contribution in [3.8, 4) is 16.9 Å². The molecule has 29 heavy (non-hydrogen) atoms. The van der Waals surface area contributed by atoms with Crippen LogP contribution in [0.25, 0.3) is 22.0 Å². The van der Waals surface area contributed by atoms with Gasteiger partial charge in [0.1, 0.15) is 11.4 Å². The summed E-state index contributed by atoms with van der Waals surface area (Å²) in [5.74, 6) is -0.491. The molecule has 5 nitrogen and oxygen atoms in total. The first kappa shape index (κ1) is 18.4. The fourth-order valence-corrected chi connectivity index (χ4v) is 3.00. The molecule has 1 aromatic heterocycles. The van der Waals surface area contributed by atoms with Crippen LogP contribution in [0, 0.1) is 0 Å². The Morgan fingerprint density at radius 3 is 2.34 bits per heavy atom. The molecule has 0 aliphatic carbocycles. The molecule has 0 saturated heterocycles. The fourth-order valence-electron chi connectivity index (χ4n) is 3.00. The van der Waals surface area contributed by atoms with E-state index in [1.54, 1.807) is 36.4 Å². The van der Waals surface area contributed by atoms with E-state index in [1.165, 1.54) is 7.11 Å². The van der Waals surface area contributed by atoms with E-state index in [0.29, 0.717) is 11.3 Å². The zero-order valence-electron chi connectivity index (χ0n) is 15.7. The van der Waals surface area contributed by atoms with Crippen molar-refractivity contribution >= 4 is 22.8 Å². The predicted molar refractivity (Wildman–Crippen MR) is 110 cm³/mol. The Morgan fingerprint density at radius 2 is 1.55 bits per heavy atom. The Bertz CT molecular complexity index is 1200. The van der Waals surface area contributed by atoms with Gasteiger partial charge < -0.3 is 9.47 Å². The number of aromatic nitrogens is 1. The summed E-state index contributed by atoms with van der Waals surface area (Å²) in [6, 6.07) is 25.3. The van der Waals surface area contributed by atoms with Gasteiger partial charge in [-0.1, -0.05) is 48.5 Å². The van der Waals surface area contributed by atoms with Gasteiger partial charge in [-0.25, -0.2) is 14.6 Å². The molecule has 0 saturated carbocycles. The van der Waals surface area contributed by atoms with E-state index in [0.717, 1.165) is 22.0 Å². The Kier molecular flexibility index (Phi) is 5.03. The molecule has 3 aromatic carbocycles. The van der Waals surface area contributed by atoms with Crippen LogP contribution in [0.4, 0.5) is 0 Å². The SMILES string of the molecule is COC(=O)c1cccc(-c2ccc(OC(=O)c3ccc4ccccc4n3)cc2)c1. The van der Waals surface area contributed by atoms with Crippen LogP contribution in [-0.2, 0) is 4.74 Å². The standard InChI is InChI=1S/C24H17NO4/c1-28-23(26)19-7-4-6-18(15-19)16-9-12-20(13-10-16)29-24(27)22-14-11-17-5-2-3-8-21(17)25-22/h2-15H,1H3. The molecule has 1 heterocycles. The number of rotatable bonds is 4. The zero-order valence-corrected chi connectivity index (χ0v) is 15.7. The van der Waals surface area contributed by atoms with Crippen molar-refractivity contribution in [2.45, 2.75) is 0 Å². The Hall–Kier alpha value is -3.99. The minimum absolute atomic E-state index is 0.249. The number of esters is 2. The average Bonchev–Trinajstić information content (AvgIpc) is 2.78. The molecule has 0 radical (unpaired) electrons. The molecule has 0 spiro atoms. The van der Waals surface area contributed by atoms with Crippen molar-refractivity contribution in [3.05, 3.63) is 96.2 Å². The normalized spacial score (nSPS) is 10.5. The molecule has 142 valence electrons. The molecule has 0 bridgehead atoms. The monoisotopic (exact) mass is 383 g/mol. The van der Waals surface area contributed by atoms with Crippen molar-refractivity contribution in [1.82, 2.24) is 4.98 Å². The van der Waals surface area contributed by atoms with E-state index in [9.17, 15) is 9.59 Å². The summed E-state index contributed by atoms with van der Waals surface area (Å²) in [5.41, 5.74) is 3.21. The summed E-state index contributed by atoms with van der Waals surface area (Å²) >= 11 is 0. The molecule has 0 atom stereocenters. The maximum Gasteiger partial charge on any atom is 0.362 e. The predicted octanol–water partition coefficient (Wildman–Crippen LogP) is 4.91. The summed E-state index contributed by atoms with van der Waals surface area (Å²) in [5, 5.41) is 0.961. The van der Waals surface area contributed by atoms with Crippen molar-refractivity contribution in [1.29, 1.82) is 0 Å². The Labute approximate surface area is 167 Å². The van der Waals surface area contributed by atoms with Gasteiger partial charge in [0.05, 0.1) is 18.2 Å². The highest BCUT2D eigenvalue weighted by Gasteiger charge is 2.12. The van der Waals surface area contributed by atoms with Gasteiger partial charge >= 0.3 is 11.9 Å². The third-order valence-electron chi connectivity index (χ3n) is 4.49. The molecule has 0 unspecified atom stereocenters. The van der Waals surface area contributed by atoms with Gasteiger partial charge in [0.15, 0.2) is 0 Å². The van der Waals surface area contributed by atoms with Crippen LogP contribution in [0.2, 0.25) is 0 Å². The van der Waals surface area contributed by atoms with E-state index >= 15 is 0 Å². The van der Waals surface area contributed by atoms with E-state index in [2.05, 4.69) is 4.98 Å². The number of benzene rings is 3. The average molecular weight is 383 g/mol. The number of fused-ring (bicyclic) bond motifs is 1. The van der Waals surface area contributed by atoms with Crippen LogP contribution in [0.5, 0.6) is 5.75 Å². The van der Waals surface area contributed by atoms with Gasteiger partial charge in [-0.15, -0.1) is 0 Å². The minimum Gasteiger partial charge on any atom is -0.465 e. The third kappa shape index (κ3) is 3.99. The lowest BCUT2D eigenvalue weighted by atomic mass is 10.0. The Morgan fingerprint density at radius 1 is 0.759 bits per heavy atom. The number of pyridine rings is 1. The lowest BCUT2D eigenvalue weighted by Gasteiger charge is -2.07. The van der Waals surface area contributed by atoms with Crippen LogP contribution in [0.3, 0.4) is 0 Å². The molecule has 0 amide bonds. The molecule has 5 heteroatoms. The number of nitrogens with zero attached hydrogens (tertiary/aromatic N) is 1. The van der Waals surface area contributed by atoms with Crippen molar-refractivity contribution < 1.29 is 19.1 Å². The molecule has 4 rings (SSSR count). The lowest BCUT2D eigenvalue weighted by molar-refractivity contribution is 0.0600. The minimum atomic E-state index is -0.517. The molecule has 0 aliphatic rings. The molecular weight excluding hydrogens is 366 g/mol. The Balaban J connectivity index is 1.52. The quantitative estimate of drug-likeness (QED) is 0.370. The van der Waals surface area contributed by atoms with Gasteiger partial charge in [0.2, 0.25) is 0 Å². The maximum atomic E-state index is 12.4. The molecule has 0 fully saturated rings. The van der Waals surface area contributed by atoms with Gasteiger partial charge in [-0.05, 0) is 47.5 Å². The van der Waals surface area contributed by atoms with Crippen molar-refractivity contribution in [2.24, 2.45) is 0 Å². The van der Waals surface area contributed by atoms with Crippen LogP contribution >= 0.6 is 0 Å².